The van der Waals surface area contributed by atoms with Crippen LogP contribution < -0.4 is 10.2 Å². The number of nitro groups is 1. The smallest absolute Gasteiger partial charge is 0.277 e. The lowest BCUT2D eigenvalue weighted by atomic mass is 10.0. The molecule has 1 N–H and O–H groups in total. The number of hydrogen-bond acceptors (Lipinski definition) is 5. The predicted octanol–water partition coefficient (Wildman–Crippen LogP) is 3.25. The summed E-state index contributed by atoms with van der Waals surface area (Å²) in [6.45, 7) is 3.92. The Morgan fingerprint density at radius 3 is 2.76 bits per heavy atom. The van der Waals surface area contributed by atoms with Gasteiger partial charge >= 0.3 is 0 Å². The Bertz CT molecular complexity index is 787. The summed E-state index contributed by atoms with van der Waals surface area (Å²) in [6.07, 6.45) is 1.34. The number of carbonyl (C=O) groups excluding carboxylic acids is 1. The highest BCUT2D eigenvalue weighted by Crippen LogP contribution is 2.25. The number of nitro benzene ring substituents is 1. The summed E-state index contributed by atoms with van der Waals surface area (Å²) >= 11 is 0. The van der Waals surface area contributed by atoms with Gasteiger partial charge in [0, 0.05) is 17.7 Å². The molecule has 7 heteroatoms. The molecule has 0 atom stereocenters. The van der Waals surface area contributed by atoms with Crippen molar-refractivity contribution in [3.8, 4) is 5.75 Å². The van der Waals surface area contributed by atoms with Crippen LogP contribution in [0.5, 0.6) is 5.75 Å². The molecule has 0 aromatic heterocycles. The Balaban J connectivity index is 1.89. The number of ether oxygens (including phenoxy) is 1. The van der Waals surface area contributed by atoms with Crippen LogP contribution in [0.1, 0.15) is 30.9 Å². The number of non-ortho nitro benzene ring substituents is 1. The van der Waals surface area contributed by atoms with Gasteiger partial charge in [0.05, 0.1) is 11.1 Å². The van der Waals surface area contributed by atoms with E-state index >= 15 is 0 Å². The molecule has 25 heavy (non-hydrogen) atoms. The van der Waals surface area contributed by atoms with Crippen molar-refractivity contribution in [2.75, 3.05) is 6.61 Å². The number of nitrogens with one attached hydrogen (secondary N) is 1. The lowest BCUT2D eigenvalue weighted by Crippen LogP contribution is -2.24. The van der Waals surface area contributed by atoms with Gasteiger partial charge in [-0.2, -0.15) is 5.10 Å². The molecule has 2 aromatic carbocycles. The summed E-state index contributed by atoms with van der Waals surface area (Å²) in [6, 6.07) is 13.5. The Kier molecular flexibility index (Phi) is 6.22. The lowest BCUT2D eigenvalue weighted by molar-refractivity contribution is -0.384. The molecule has 0 saturated heterocycles. The van der Waals surface area contributed by atoms with Crippen molar-refractivity contribution in [2.24, 2.45) is 5.10 Å². The standard InChI is InChI=1S/C18H19N3O4/c1-13(2)16-8-3-4-9-17(16)25-12-18(22)20-19-11-14-6-5-7-15(10-14)21(23)24/h3-11,13H,12H2,1-2H3,(H,20,22)/b19-11+. The van der Waals surface area contributed by atoms with Crippen molar-refractivity contribution < 1.29 is 14.5 Å². The summed E-state index contributed by atoms with van der Waals surface area (Å²) in [5, 5.41) is 14.5. The molecule has 0 aliphatic heterocycles. The van der Waals surface area contributed by atoms with E-state index in [1.807, 2.05) is 38.1 Å². The third-order valence-electron chi connectivity index (χ3n) is 3.38. The highest BCUT2D eigenvalue weighted by atomic mass is 16.6. The third-order valence-corrected chi connectivity index (χ3v) is 3.38. The molecule has 0 aliphatic rings. The van der Waals surface area contributed by atoms with Gasteiger partial charge in [-0.3, -0.25) is 14.9 Å². The average Bonchev–Trinajstić information content (AvgIpc) is 2.60. The summed E-state index contributed by atoms with van der Waals surface area (Å²) in [7, 11) is 0. The fraction of sp³-hybridized carbons (Fsp3) is 0.222. The van der Waals surface area contributed by atoms with Crippen molar-refractivity contribution >= 4 is 17.8 Å². The van der Waals surface area contributed by atoms with Gasteiger partial charge in [0.1, 0.15) is 5.75 Å². The first-order valence-electron chi connectivity index (χ1n) is 7.75. The van der Waals surface area contributed by atoms with Gasteiger partial charge in [-0.05, 0) is 17.5 Å². The van der Waals surface area contributed by atoms with Crippen LogP contribution in [0.4, 0.5) is 5.69 Å². The van der Waals surface area contributed by atoms with Gasteiger partial charge in [0.15, 0.2) is 6.61 Å². The van der Waals surface area contributed by atoms with Crippen LogP contribution in [0.15, 0.2) is 53.6 Å². The first kappa shape index (κ1) is 18.1. The zero-order valence-corrected chi connectivity index (χ0v) is 14.0. The van der Waals surface area contributed by atoms with Crippen LogP contribution >= 0.6 is 0 Å². The van der Waals surface area contributed by atoms with E-state index < -0.39 is 10.8 Å². The normalized spacial score (nSPS) is 10.8. The van der Waals surface area contributed by atoms with E-state index in [0.29, 0.717) is 11.3 Å². The van der Waals surface area contributed by atoms with E-state index in [4.69, 9.17) is 4.74 Å². The Morgan fingerprint density at radius 2 is 2.04 bits per heavy atom. The van der Waals surface area contributed by atoms with Crippen molar-refractivity contribution in [2.45, 2.75) is 19.8 Å². The summed E-state index contributed by atoms with van der Waals surface area (Å²) in [5.74, 6) is 0.529. The quantitative estimate of drug-likeness (QED) is 0.475. The first-order valence-corrected chi connectivity index (χ1v) is 7.75. The maximum Gasteiger partial charge on any atom is 0.277 e. The summed E-state index contributed by atoms with van der Waals surface area (Å²) in [5.41, 5.74) is 3.83. The van der Waals surface area contributed by atoms with Crippen molar-refractivity contribution in [1.29, 1.82) is 0 Å². The van der Waals surface area contributed by atoms with E-state index in [2.05, 4.69) is 10.5 Å². The number of hydrazone groups is 1. The number of para-hydroxylation sites is 1. The largest absolute Gasteiger partial charge is 0.483 e. The SMILES string of the molecule is CC(C)c1ccccc1OCC(=O)N/N=C/c1cccc([N+](=O)[O-])c1. The maximum atomic E-state index is 11.8. The van der Waals surface area contributed by atoms with Crippen molar-refractivity contribution in [3.05, 3.63) is 69.8 Å². The van der Waals surface area contributed by atoms with Gasteiger partial charge in [-0.1, -0.05) is 44.2 Å². The predicted molar refractivity (Wildman–Crippen MR) is 94.9 cm³/mol. The highest BCUT2D eigenvalue weighted by molar-refractivity contribution is 5.83. The van der Waals surface area contributed by atoms with Crippen LogP contribution in [0.3, 0.4) is 0 Å². The molecule has 1 amide bonds. The number of rotatable bonds is 7. The Labute approximate surface area is 145 Å². The molecule has 7 nitrogen and oxygen atoms in total. The number of benzene rings is 2. The molecule has 0 heterocycles. The molecule has 0 bridgehead atoms. The zero-order valence-electron chi connectivity index (χ0n) is 14.0. The van der Waals surface area contributed by atoms with Crippen LogP contribution in [0.25, 0.3) is 0 Å². The minimum Gasteiger partial charge on any atom is -0.483 e. The monoisotopic (exact) mass is 341 g/mol. The molecule has 0 unspecified atom stereocenters. The van der Waals surface area contributed by atoms with Gasteiger partial charge in [0.2, 0.25) is 0 Å². The first-order chi connectivity index (χ1) is 12.0. The van der Waals surface area contributed by atoms with E-state index in [0.717, 1.165) is 5.56 Å². The minimum absolute atomic E-state index is 0.0381. The zero-order chi connectivity index (χ0) is 18.2. The molecule has 0 fully saturated rings. The van der Waals surface area contributed by atoms with E-state index in [1.54, 1.807) is 12.1 Å². The van der Waals surface area contributed by atoms with Gasteiger partial charge < -0.3 is 4.74 Å². The second kappa shape index (κ2) is 8.58. The molecular weight excluding hydrogens is 322 g/mol. The molecule has 0 saturated carbocycles. The number of carbonyl (C=O) groups is 1. The number of nitrogens with zero attached hydrogens (tertiary/aromatic N) is 2. The second-order valence-electron chi connectivity index (χ2n) is 5.63. The Hall–Kier alpha value is -3.22. The van der Waals surface area contributed by atoms with Crippen LogP contribution in [0.2, 0.25) is 0 Å². The van der Waals surface area contributed by atoms with Crippen LogP contribution in [-0.2, 0) is 4.79 Å². The molecule has 0 aliphatic carbocycles. The van der Waals surface area contributed by atoms with Gasteiger partial charge in [-0.15, -0.1) is 0 Å². The molecule has 0 radical (unpaired) electrons. The summed E-state index contributed by atoms with van der Waals surface area (Å²) < 4.78 is 5.54. The average molecular weight is 341 g/mol. The van der Waals surface area contributed by atoms with Crippen molar-refractivity contribution in [1.82, 2.24) is 5.43 Å². The molecule has 2 aromatic rings. The number of amides is 1. The molecular formula is C18H19N3O4. The lowest BCUT2D eigenvalue weighted by Gasteiger charge is -2.12. The highest BCUT2D eigenvalue weighted by Gasteiger charge is 2.09. The van der Waals surface area contributed by atoms with E-state index in [9.17, 15) is 14.9 Å². The fourth-order valence-corrected chi connectivity index (χ4v) is 2.16. The van der Waals surface area contributed by atoms with Crippen LogP contribution in [-0.4, -0.2) is 23.7 Å². The topological polar surface area (TPSA) is 93.8 Å². The second-order valence-corrected chi connectivity index (χ2v) is 5.63. The third kappa shape index (κ3) is 5.42. The number of hydrogen-bond donors (Lipinski definition) is 1. The summed E-state index contributed by atoms with van der Waals surface area (Å²) in [4.78, 5) is 22.0. The van der Waals surface area contributed by atoms with Crippen LogP contribution in [0, 0.1) is 10.1 Å². The Morgan fingerprint density at radius 1 is 1.28 bits per heavy atom. The molecule has 0 spiro atoms. The maximum absolute atomic E-state index is 11.8. The van der Waals surface area contributed by atoms with Gasteiger partial charge in [0.25, 0.3) is 11.6 Å². The fourth-order valence-electron chi connectivity index (χ4n) is 2.16. The van der Waals surface area contributed by atoms with Gasteiger partial charge in [-0.25, -0.2) is 5.43 Å². The van der Waals surface area contributed by atoms with E-state index in [1.165, 1.54) is 18.3 Å². The van der Waals surface area contributed by atoms with Crippen molar-refractivity contribution in [3.63, 3.8) is 0 Å². The molecule has 130 valence electrons. The molecule has 2 rings (SSSR count). The minimum atomic E-state index is -0.490. The van der Waals surface area contributed by atoms with E-state index in [-0.39, 0.29) is 18.2 Å².